The summed E-state index contributed by atoms with van der Waals surface area (Å²) in [7, 11) is 0. The molecule has 0 spiro atoms. The lowest BCUT2D eigenvalue weighted by molar-refractivity contribution is 0.256. The van der Waals surface area contributed by atoms with Crippen molar-refractivity contribution in [1.29, 1.82) is 5.41 Å². The second-order valence-corrected chi connectivity index (χ2v) is 5.11. The van der Waals surface area contributed by atoms with Crippen molar-refractivity contribution in [2.24, 2.45) is 5.92 Å². The first-order valence-corrected chi connectivity index (χ1v) is 6.30. The maximum absolute atomic E-state index is 7.80. The monoisotopic (exact) mass is 209 g/mol. The van der Waals surface area contributed by atoms with Crippen molar-refractivity contribution in [1.82, 2.24) is 9.80 Å². The zero-order chi connectivity index (χ0) is 10.7. The Morgan fingerprint density at radius 1 is 1.13 bits per heavy atom. The third kappa shape index (κ3) is 2.94. The van der Waals surface area contributed by atoms with Crippen LogP contribution in [0.15, 0.2) is 0 Å². The van der Waals surface area contributed by atoms with Crippen molar-refractivity contribution in [3.63, 3.8) is 0 Å². The van der Waals surface area contributed by atoms with Gasteiger partial charge in [0.05, 0.1) is 5.84 Å². The fourth-order valence-electron chi connectivity index (χ4n) is 2.77. The van der Waals surface area contributed by atoms with Crippen LogP contribution in [0, 0.1) is 11.3 Å². The van der Waals surface area contributed by atoms with E-state index in [9.17, 15) is 0 Å². The molecular formula is C12H23N3. The summed E-state index contributed by atoms with van der Waals surface area (Å²) in [5, 5.41) is 7.80. The van der Waals surface area contributed by atoms with Gasteiger partial charge in [-0.05, 0) is 38.3 Å². The van der Waals surface area contributed by atoms with Crippen molar-refractivity contribution < 1.29 is 0 Å². The summed E-state index contributed by atoms with van der Waals surface area (Å²) >= 11 is 0. The molecule has 3 nitrogen and oxygen atoms in total. The molecule has 0 aromatic heterocycles. The molecule has 0 amide bonds. The fourth-order valence-corrected chi connectivity index (χ4v) is 2.77. The maximum atomic E-state index is 7.80. The van der Waals surface area contributed by atoms with Gasteiger partial charge in [-0.25, -0.2) is 0 Å². The number of nitrogens with one attached hydrogen (secondary N) is 1. The predicted octanol–water partition coefficient (Wildman–Crippen LogP) is 1.79. The number of hydrogen-bond donors (Lipinski definition) is 1. The molecule has 2 heterocycles. The second-order valence-electron chi connectivity index (χ2n) is 5.11. The molecule has 0 aliphatic carbocycles. The first kappa shape index (κ1) is 10.9. The third-order valence-corrected chi connectivity index (χ3v) is 3.52. The van der Waals surface area contributed by atoms with Gasteiger partial charge in [-0.1, -0.05) is 6.92 Å². The third-order valence-electron chi connectivity index (χ3n) is 3.52. The lowest BCUT2D eigenvalue weighted by Gasteiger charge is -2.25. The topological polar surface area (TPSA) is 30.3 Å². The lowest BCUT2D eigenvalue weighted by Crippen LogP contribution is -2.35. The summed E-state index contributed by atoms with van der Waals surface area (Å²) in [6.45, 7) is 8.34. The molecule has 0 radical (unpaired) electrons. The van der Waals surface area contributed by atoms with E-state index in [1.807, 2.05) is 0 Å². The van der Waals surface area contributed by atoms with Crippen LogP contribution in [-0.4, -0.2) is 48.4 Å². The number of likely N-dealkylation sites (tertiary alicyclic amines) is 2. The van der Waals surface area contributed by atoms with Crippen LogP contribution in [0.5, 0.6) is 0 Å². The fraction of sp³-hybridized carbons (Fsp3) is 0.917. The second kappa shape index (κ2) is 4.97. The summed E-state index contributed by atoms with van der Waals surface area (Å²) in [5.41, 5.74) is 0. The molecule has 0 aromatic rings. The minimum Gasteiger partial charge on any atom is -0.360 e. The van der Waals surface area contributed by atoms with Gasteiger partial charge < -0.3 is 9.80 Å². The highest BCUT2D eigenvalue weighted by molar-refractivity contribution is 5.80. The van der Waals surface area contributed by atoms with Crippen LogP contribution in [-0.2, 0) is 0 Å². The van der Waals surface area contributed by atoms with E-state index >= 15 is 0 Å². The summed E-state index contributed by atoms with van der Waals surface area (Å²) in [6, 6.07) is 0. The quantitative estimate of drug-likeness (QED) is 0.765. The molecular weight excluding hydrogens is 186 g/mol. The molecule has 86 valence electrons. The van der Waals surface area contributed by atoms with Crippen molar-refractivity contribution in [3.05, 3.63) is 0 Å². The summed E-state index contributed by atoms with van der Waals surface area (Å²) in [5.74, 6) is 1.57. The Labute approximate surface area is 92.9 Å². The molecule has 2 fully saturated rings. The molecule has 0 aromatic carbocycles. The van der Waals surface area contributed by atoms with Gasteiger partial charge in [0.25, 0.3) is 0 Å². The smallest absolute Gasteiger partial charge is 0.0958 e. The largest absolute Gasteiger partial charge is 0.360 e. The van der Waals surface area contributed by atoms with Crippen LogP contribution in [0.1, 0.15) is 32.6 Å². The minimum atomic E-state index is 0.710. The Morgan fingerprint density at radius 3 is 2.47 bits per heavy atom. The van der Waals surface area contributed by atoms with Crippen LogP contribution >= 0.6 is 0 Å². The standard InChI is InChI=1S/C12H23N3/c1-11(9-14-6-2-3-7-14)10-15-8-4-5-12(15)13/h11,13H,2-10H2,1H3. The Kier molecular flexibility index (Phi) is 3.62. The molecule has 0 bridgehead atoms. The highest BCUT2D eigenvalue weighted by Crippen LogP contribution is 2.15. The first-order chi connectivity index (χ1) is 7.25. The molecule has 2 saturated heterocycles. The highest BCUT2D eigenvalue weighted by Gasteiger charge is 2.21. The van der Waals surface area contributed by atoms with Gasteiger partial charge in [-0.2, -0.15) is 0 Å². The Bertz CT molecular complexity index is 221. The van der Waals surface area contributed by atoms with Gasteiger partial charge in [0, 0.05) is 26.1 Å². The number of amidine groups is 1. The molecule has 1 N–H and O–H groups in total. The molecule has 0 saturated carbocycles. The van der Waals surface area contributed by atoms with Crippen molar-refractivity contribution in [2.75, 3.05) is 32.7 Å². The van der Waals surface area contributed by atoms with E-state index in [4.69, 9.17) is 5.41 Å². The summed E-state index contributed by atoms with van der Waals surface area (Å²) in [4.78, 5) is 4.84. The van der Waals surface area contributed by atoms with Crippen LogP contribution < -0.4 is 0 Å². The Morgan fingerprint density at radius 2 is 1.87 bits per heavy atom. The van der Waals surface area contributed by atoms with Gasteiger partial charge >= 0.3 is 0 Å². The average molecular weight is 209 g/mol. The average Bonchev–Trinajstić information content (AvgIpc) is 2.79. The van der Waals surface area contributed by atoms with Crippen molar-refractivity contribution >= 4 is 5.84 Å². The van der Waals surface area contributed by atoms with Crippen molar-refractivity contribution in [3.8, 4) is 0 Å². The molecule has 2 aliphatic rings. The SMILES string of the molecule is CC(CN1CCCC1)CN1CCCC1=N. The van der Waals surface area contributed by atoms with E-state index < -0.39 is 0 Å². The predicted molar refractivity (Wildman–Crippen MR) is 63.4 cm³/mol. The number of nitrogens with zero attached hydrogens (tertiary/aromatic N) is 2. The Hall–Kier alpha value is -0.570. The summed E-state index contributed by atoms with van der Waals surface area (Å²) in [6.07, 6.45) is 4.95. The van der Waals surface area contributed by atoms with E-state index in [0.717, 1.165) is 25.3 Å². The lowest BCUT2D eigenvalue weighted by atomic mass is 10.1. The maximum Gasteiger partial charge on any atom is 0.0958 e. The van der Waals surface area contributed by atoms with Crippen LogP contribution in [0.25, 0.3) is 0 Å². The van der Waals surface area contributed by atoms with Crippen LogP contribution in [0.2, 0.25) is 0 Å². The van der Waals surface area contributed by atoms with E-state index in [2.05, 4.69) is 16.7 Å². The van der Waals surface area contributed by atoms with Gasteiger partial charge in [0.1, 0.15) is 0 Å². The van der Waals surface area contributed by atoms with E-state index in [0.29, 0.717) is 5.92 Å². The zero-order valence-electron chi connectivity index (χ0n) is 9.84. The summed E-state index contributed by atoms with van der Waals surface area (Å²) < 4.78 is 0. The van der Waals surface area contributed by atoms with Crippen molar-refractivity contribution in [2.45, 2.75) is 32.6 Å². The molecule has 15 heavy (non-hydrogen) atoms. The molecule has 3 heteroatoms. The van der Waals surface area contributed by atoms with Gasteiger partial charge in [-0.15, -0.1) is 0 Å². The Balaban J connectivity index is 1.71. The van der Waals surface area contributed by atoms with E-state index in [1.54, 1.807) is 0 Å². The van der Waals surface area contributed by atoms with Gasteiger partial charge in [-0.3, -0.25) is 5.41 Å². The first-order valence-electron chi connectivity index (χ1n) is 6.30. The van der Waals surface area contributed by atoms with Crippen LogP contribution in [0.3, 0.4) is 0 Å². The van der Waals surface area contributed by atoms with Gasteiger partial charge in [0.2, 0.25) is 0 Å². The molecule has 1 atom stereocenters. The molecule has 2 rings (SSSR count). The normalized spacial score (nSPS) is 25.1. The molecule has 1 unspecified atom stereocenters. The molecule has 2 aliphatic heterocycles. The van der Waals surface area contributed by atoms with E-state index in [1.165, 1.54) is 38.9 Å². The number of rotatable bonds is 4. The minimum absolute atomic E-state index is 0.710. The van der Waals surface area contributed by atoms with E-state index in [-0.39, 0.29) is 0 Å². The zero-order valence-corrected chi connectivity index (χ0v) is 9.84. The van der Waals surface area contributed by atoms with Crippen LogP contribution in [0.4, 0.5) is 0 Å². The number of hydrogen-bond acceptors (Lipinski definition) is 2. The highest BCUT2D eigenvalue weighted by atomic mass is 15.2. The van der Waals surface area contributed by atoms with Gasteiger partial charge in [0.15, 0.2) is 0 Å².